The third-order valence-electron chi connectivity index (χ3n) is 3.59. The van der Waals surface area contributed by atoms with Crippen LogP contribution in [0.5, 0.6) is 0 Å². The van der Waals surface area contributed by atoms with E-state index in [-0.39, 0.29) is 17.7 Å². The fourth-order valence-corrected chi connectivity index (χ4v) is 2.68. The molecular formula is C10H12O3. The topological polar surface area (TPSA) is 38.8 Å². The van der Waals surface area contributed by atoms with Crippen LogP contribution in [0.15, 0.2) is 11.6 Å². The molecule has 1 saturated carbocycles. The van der Waals surface area contributed by atoms with Crippen LogP contribution >= 0.6 is 0 Å². The van der Waals surface area contributed by atoms with Crippen LogP contribution in [-0.2, 0) is 14.3 Å². The van der Waals surface area contributed by atoms with Gasteiger partial charge in [0, 0.05) is 6.08 Å². The van der Waals surface area contributed by atoms with Gasteiger partial charge in [-0.15, -0.1) is 0 Å². The van der Waals surface area contributed by atoms with E-state index in [1.807, 2.05) is 6.92 Å². The van der Waals surface area contributed by atoms with Gasteiger partial charge in [-0.05, 0) is 32.3 Å². The summed E-state index contributed by atoms with van der Waals surface area (Å²) in [5, 5.41) is 0. The van der Waals surface area contributed by atoms with Crippen LogP contribution in [0.1, 0.15) is 26.7 Å². The lowest BCUT2D eigenvalue weighted by Gasteiger charge is -2.24. The van der Waals surface area contributed by atoms with Gasteiger partial charge in [0.25, 0.3) is 0 Å². The van der Waals surface area contributed by atoms with E-state index in [4.69, 9.17) is 9.47 Å². The molecule has 0 aromatic rings. The maximum Gasteiger partial charge on any atom is 0.331 e. The molecule has 70 valence electrons. The van der Waals surface area contributed by atoms with E-state index in [2.05, 4.69) is 6.92 Å². The van der Waals surface area contributed by atoms with Crippen LogP contribution in [0, 0.1) is 0 Å². The fourth-order valence-electron chi connectivity index (χ4n) is 2.68. The molecule has 2 heterocycles. The molecule has 2 aliphatic heterocycles. The third kappa shape index (κ3) is 0.718. The molecule has 0 aromatic carbocycles. The summed E-state index contributed by atoms with van der Waals surface area (Å²) in [6.45, 7) is 4.05. The lowest BCUT2D eigenvalue weighted by Crippen LogP contribution is -2.35. The van der Waals surface area contributed by atoms with Crippen molar-refractivity contribution in [2.75, 3.05) is 0 Å². The van der Waals surface area contributed by atoms with Crippen LogP contribution < -0.4 is 0 Å². The highest BCUT2D eigenvalue weighted by atomic mass is 16.7. The van der Waals surface area contributed by atoms with E-state index in [9.17, 15) is 4.79 Å². The Labute approximate surface area is 76.7 Å². The van der Waals surface area contributed by atoms with Gasteiger partial charge in [0.15, 0.2) is 5.60 Å². The maximum atomic E-state index is 11.1. The molecule has 3 atom stereocenters. The van der Waals surface area contributed by atoms with Gasteiger partial charge in [-0.2, -0.15) is 0 Å². The first-order chi connectivity index (χ1) is 6.07. The van der Waals surface area contributed by atoms with Gasteiger partial charge in [0.1, 0.15) is 6.10 Å². The summed E-state index contributed by atoms with van der Waals surface area (Å²) < 4.78 is 11.0. The first kappa shape index (κ1) is 7.56. The number of carbonyl (C=O) groups excluding carboxylic acids is 1. The normalized spacial score (nSPS) is 52.0. The number of esters is 1. The van der Waals surface area contributed by atoms with E-state index in [1.54, 1.807) is 6.08 Å². The Bertz CT molecular complexity index is 333. The van der Waals surface area contributed by atoms with Gasteiger partial charge in [0.2, 0.25) is 0 Å². The van der Waals surface area contributed by atoms with Crippen LogP contribution in [0.2, 0.25) is 0 Å². The molecule has 1 spiro atoms. The predicted molar refractivity (Wildman–Crippen MR) is 45.1 cm³/mol. The maximum absolute atomic E-state index is 11.1. The van der Waals surface area contributed by atoms with Gasteiger partial charge < -0.3 is 9.47 Å². The fraction of sp³-hybridized carbons (Fsp3) is 0.700. The van der Waals surface area contributed by atoms with Gasteiger partial charge in [-0.25, -0.2) is 4.79 Å². The molecule has 0 amide bonds. The summed E-state index contributed by atoms with van der Waals surface area (Å²) in [4.78, 5) is 11.1. The second-order valence-corrected chi connectivity index (χ2v) is 4.45. The Morgan fingerprint density at radius 2 is 2.31 bits per heavy atom. The van der Waals surface area contributed by atoms with E-state index < -0.39 is 5.60 Å². The summed E-state index contributed by atoms with van der Waals surface area (Å²) in [5.74, 6) is -0.211. The number of hydrogen-bond donors (Lipinski definition) is 0. The van der Waals surface area contributed by atoms with Gasteiger partial charge >= 0.3 is 5.97 Å². The zero-order chi connectivity index (χ0) is 9.27. The minimum Gasteiger partial charge on any atom is -0.448 e. The number of rotatable bonds is 0. The van der Waals surface area contributed by atoms with Crippen molar-refractivity contribution in [3.63, 3.8) is 0 Å². The average Bonchev–Trinajstić information content (AvgIpc) is 2.54. The molecule has 3 heteroatoms. The van der Waals surface area contributed by atoms with Crippen molar-refractivity contribution in [1.29, 1.82) is 0 Å². The highest BCUT2D eigenvalue weighted by Gasteiger charge is 2.72. The molecule has 0 radical (unpaired) electrons. The van der Waals surface area contributed by atoms with Gasteiger partial charge in [0.05, 0.1) is 5.60 Å². The quantitative estimate of drug-likeness (QED) is 0.415. The first-order valence-corrected chi connectivity index (χ1v) is 4.66. The molecular weight excluding hydrogens is 168 g/mol. The van der Waals surface area contributed by atoms with Crippen molar-refractivity contribution >= 4 is 5.97 Å². The van der Waals surface area contributed by atoms with Gasteiger partial charge in [-0.1, -0.05) is 0 Å². The lowest BCUT2D eigenvalue weighted by molar-refractivity contribution is -0.148. The standard InChI is InChI=1S/C10H12O3/c1-6-5-7(11)12-10(6)4-3-9(2)8(10)13-9/h5,8H,3-4H2,1-2H3/t8-,9-,10+/m0/s1. The Morgan fingerprint density at radius 1 is 1.54 bits per heavy atom. The summed E-state index contributed by atoms with van der Waals surface area (Å²) in [6.07, 6.45) is 3.62. The van der Waals surface area contributed by atoms with Crippen LogP contribution in [0.3, 0.4) is 0 Å². The van der Waals surface area contributed by atoms with E-state index in [0.29, 0.717) is 0 Å². The minimum atomic E-state index is -0.397. The molecule has 3 nitrogen and oxygen atoms in total. The minimum absolute atomic E-state index is 0.0142. The highest BCUT2D eigenvalue weighted by molar-refractivity contribution is 5.87. The summed E-state index contributed by atoms with van der Waals surface area (Å²) >= 11 is 0. The number of fused-ring (bicyclic) bond motifs is 2. The summed E-state index contributed by atoms with van der Waals surface area (Å²) in [5.41, 5.74) is 0.620. The van der Waals surface area contributed by atoms with Crippen molar-refractivity contribution in [3.8, 4) is 0 Å². The van der Waals surface area contributed by atoms with Crippen LogP contribution in [0.25, 0.3) is 0 Å². The van der Waals surface area contributed by atoms with Crippen molar-refractivity contribution in [3.05, 3.63) is 11.6 Å². The Morgan fingerprint density at radius 3 is 2.69 bits per heavy atom. The molecule has 0 aromatic heterocycles. The second-order valence-electron chi connectivity index (χ2n) is 4.45. The monoisotopic (exact) mass is 180 g/mol. The van der Waals surface area contributed by atoms with Crippen LogP contribution in [-0.4, -0.2) is 23.3 Å². The average molecular weight is 180 g/mol. The van der Waals surface area contributed by atoms with Crippen molar-refractivity contribution in [1.82, 2.24) is 0 Å². The summed E-state index contributed by atoms with van der Waals surface area (Å²) in [7, 11) is 0. The SMILES string of the molecule is CC1=CC(=O)O[C@]12CC[C@]1(C)O[C@@H]12. The number of epoxide rings is 1. The predicted octanol–water partition coefficient (Wildman–Crippen LogP) is 1.18. The first-order valence-electron chi connectivity index (χ1n) is 4.66. The zero-order valence-corrected chi connectivity index (χ0v) is 7.79. The zero-order valence-electron chi connectivity index (χ0n) is 7.79. The highest BCUT2D eigenvalue weighted by Crippen LogP contribution is 2.60. The number of carbonyl (C=O) groups is 1. The molecule has 3 rings (SSSR count). The molecule has 0 bridgehead atoms. The Kier molecular flexibility index (Phi) is 1.06. The van der Waals surface area contributed by atoms with Crippen molar-refractivity contribution in [2.45, 2.75) is 44.0 Å². The molecule has 3 aliphatic rings. The largest absolute Gasteiger partial charge is 0.448 e. The molecule has 1 aliphatic carbocycles. The number of hydrogen-bond acceptors (Lipinski definition) is 3. The van der Waals surface area contributed by atoms with Crippen LogP contribution in [0.4, 0.5) is 0 Å². The lowest BCUT2D eigenvalue weighted by atomic mass is 9.93. The van der Waals surface area contributed by atoms with Crippen molar-refractivity contribution < 1.29 is 14.3 Å². The van der Waals surface area contributed by atoms with E-state index in [1.165, 1.54) is 0 Å². The summed E-state index contributed by atoms with van der Waals surface area (Å²) in [6, 6.07) is 0. The van der Waals surface area contributed by atoms with E-state index in [0.717, 1.165) is 18.4 Å². The molecule has 1 saturated heterocycles. The van der Waals surface area contributed by atoms with Crippen molar-refractivity contribution in [2.24, 2.45) is 0 Å². The molecule has 0 unspecified atom stereocenters. The Balaban J connectivity index is 2.01. The van der Waals surface area contributed by atoms with E-state index >= 15 is 0 Å². The molecule has 13 heavy (non-hydrogen) atoms. The molecule has 0 N–H and O–H groups in total. The Hall–Kier alpha value is -0.830. The third-order valence-corrected chi connectivity index (χ3v) is 3.59. The molecule has 2 fully saturated rings. The van der Waals surface area contributed by atoms with Gasteiger partial charge in [-0.3, -0.25) is 0 Å². The number of ether oxygens (including phenoxy) is 2. The smallest absolute Gasteiger partial charge is 0.331 e. The second kappa shape index (κ2) is 1.82.